The molecule has 2 amide bonds. The van der Waals surface area contributed by atoms with E-state index in [1.807, 2.05) is 6.07 Å². The molecule has 6 nitrogen and oxygen atoms in total. The molecule has 1 aliphatic heterocycles. The van der Waals surface area contributed by atoms with E-state index in [1.54, 1.807) is 43.0 Å². The van der Waals surface area contributed by atoms with E-state index in [0.717, 1.165) is 5.75 Å². The van der Waals surface area contributed by atoms with Crippen LogP contribution in [0.2, 0.25) is 0 Å². The average Bonchev–Trinajstić information content (AvgIpc) is 2.72. The number of amides is 2. The Morgan fingerprint density at radius 3 is 2.78 bits per heavy atom. The van der Waals surface area contributed by atoms with Gasteiger partial charge >= 0.3 is 5.97 Å². The van der Waals surface area contributed by atoms with Gasteiger partial charge in [0.2, 0.25) is 5.91 Å². The highest BCUT2D eigenvalue weighted by atomic mass is 32.2. The lowest BCUT2D eigenvalue weighted by molar-refractivity contribution is -0.149. The van der Waals surface area contributed by atoms with E-state index in [9.17, 15) is 14.4 Å². The van der Waals surface area contributed by atoms with Gasteiger partial charge in [-0.05, 0) is 19.1 Å². The van der Waals surface area contributed by atoms with Crippen molar-refractivity contribution in [2.75, 3.05) is 31.2 Å². The van der Waals surface area contributed by atoms with E-state index in [-0.39, 0.29) is 25.0 Å². The van der Waals surface area contributed by atoms with Gasteiger partial charge in [-0.15, -0.1) is 0 Å². The van der Waals surface area contributed by atoms with Gasteiger partial charge in [0.05, 0.1) is 6.61 Å². The zero-order chi connectivity index (χ0) is 16.7. The van der Waals surface area contributed by atoms with Crippen molar-refractivity contribution >= 4 is 29.5 Å². The highest BCUT2D eigenvalue weighted by Gasteiger charge is 2.30. The van der Waals surface area contributed by atoms with Crippen molar-refractivity contribution in [3.63, 3.8) is 0 Å². The predicted octanol–water partition coefficient (Wildman–Crippen LogP) is 0.923. The topological polar surface area (TPSA) is 75.7 Å². The van der Waals surface area contributed by atoms with E-state index >= 15 is 0 Å². The van der Waals surface area contributed by atoms with Crippen molar-refractivity contribution < 1.29 is 19.1 Å². The number of carbonyl (C=O) groups excluding carboxylic acids is 3. The van der Waals surface area contributed by atoms with Crippen LogP contribution in [0.25, 0.3) is 0 Å². The number of hydrogen-bond donors (Lipinski definition) is 1. The number of carbonyl (C=O) groups is 3. The first-order chi connectivity index (χ1) is 11.1. The van der Waals surface area contributed by atoms with Crippen molar-refractivity contribution in [1.29, 1.82) is 0 Å². The van der Waals surface area contributed by atoms with Gasteiger partial charge in [-0.1, -0.05) is 18.2 Å². The zero-order valence-electron chi connectivity index (χ0n) is 13.0. The number of hydrogen-bond acceptors (Lipinski definition) is 5. The summed E-state index contributed by atoms with van der Waals surface area (Å²) < 4.78 is 4.89. The second-order valence-electron chi connectivity index (χ2n) is 5.03. The maximum atomic E-state index is 12.5. The van der Waals surface area contributed by atoms with E-state index in [4.69, 9.17) is 4.74 Å². The summed E-state index contributed by atoms with van der Waals surface area (Å²) in [5.74, 6) is 0.260. The van der Waals surface area contributed by atoms with E-state index < -0.39 is 12.0 Å². The maximum Gasteiger partial charge on any atom is 0.325 e. The van der Waals surface area contributed by atoms with Crippen LogP contribution >= 0.6 is 11.8 Å². The van der Waals surface area contributed by atoms with Gasteiger partial charge in [-0.2, -0.15) is 11.8 Å². The first-order valence-corrected chi connectivity index (χ1v) is 8.65. The molecule has 1 aliphatic rings. The molecule has 1 atom stereocenters. The molecule has 1 saturated heterocycles. The molecule has 124 valence electrons. The summed E-state index contributed by atoms with van der Waals surface area (Å²) in [5.41, 5.74) is 0.506. The number of thioether (sulfide) groups is 1. The van der Waals surface area contributed by atoms with Crippen molar-refractivity contribution in [3.8, 4) is 0 Å². The Morgan fingerprint density at radius 1 is 1.35 bits per heavy atom. The highest BCUT2D eigenvalue weighted by Crippen LogP contribution is 2.13. The molecule has 0 aromatic heterocycles. The summed E-state index contributed by atoms with van der Waals surface area (Å²) in [5, 5.41) is 2.76. The molecule has 7 heteroatoms. The number of nitrogens with one attached hydrogen (secondary N) is 1. The molecule has 0 bridgehead atoms. The van der Waals surface area contributed by atoms with Gasteiger partial charge in [0.1, 0.15) is 12.6 Å². The summed E-state index contributed by atoms with van der Waals surface area (Å²) in [4.78, 5) is 37.8. The lowest BCUT2D eigenvalue weighted by Crippen LogP contribution is -2.50. The van der Waals surface area contributed by atoms with Crippen LogP contribution in [0.15, 0.2) is 30.3 Å². The molecular formula is C16H20N2O4S. The summed E-state index contributed by atoms with van der Waals surface area (Å²) in [6.07, 6.45) is 0. The van der Waals surface area contributed by atoms with E-state index in [2.05, 4.69) is 5.32 Å². The quantitative estimate of drug-likeness (QED) is 0.810. The van der Waals surface area contributed by atoms with Crippen LogP contribution in [0.5, 0.6) is 0 Å². The second kappa shape index (κ2) is 8.57. The Labute approximate surface area is 139 Å². The van der Waals surface area contributed by atoms with Gasteiger partial charge in [0.25, 0.3) is 5.91 Å². The molecule has 1 heterocycles. The predicted molar refractivity (Wildman–Crippen MR) is 88.2 cm³/mol. The molecule has 0 spiro atoms. The molecule has 2 rings (SSSR count). The second-order valence-corrected chi connectivity index (χ2v) is 6.18. The molecule has 0 radical (unpaired) electrons. The number of rotatable bonds is 5. The summed E-state index contributed by atoms with van der Waals surface area (Å²) >= 11 is 1.58. The van der Waals surface area contributed by atoms with Gasteiger partial charge in [-0.25, -0.2) is 0 Å². The number of nitrogens with zero attached hydrogens (tertiary/aromatic N) is 1. The molecule has 1 aromatic rings. The molecule has 0 saturated carbocycles. The molecule has 1 aromatic carbocycles. The van der Waals surface area contributed by atoms with Gasteiger partial charge < -0.3 is 15.0 Å². The normalized spacial score (nSPS) is 18.2. The van der Waals surface area contributed by atoms with Crippen LogP contribution in [-0.4, -0.2) is 59.9 Å². The maximum absolute atomic E-state index is 12.5. The first kappa shape index (κ1) is 17.3. The number of ether oxygens (including phenoxy) is 1. The summed E-state index contributed by atoms with van der Waals surface area (Å²) in [7, 11) is 0. The van der Waals surface area contributed by atoms with Crippen molar-refractivity contribution in [1.82, 2.24) is 10.2 Å². The molecular weight excluding hydrogens is 316 g/mol. The van der Waals surface area contributed by atoms with Gasteiger partial charge in [-0.3, -0.25) is 14.4 Å². The van der Waals surface area contributed by atoms with Crippen LogP contribution in [-0.2, 0) is 14.3 Å². The molecule has 1 N–H and O–H groups in total. The van der Waals surface area contributed by atoms with Crippen molar-refractivity contribution in [2.24, 2.45) is 0 Å². The smallest absolute Gasteiger partial charge is 0.325 e. The number of esters is 1. The third-order valence-corrected chi connectivity index (χ3v) is 4.41. The standard InChI is InChI=1S/C16H20N2O4S/c1-2-22-14(19)10-18-8-9-23-11-13(16(18)21)17-15(20)12-6-4-3-5-7-12/h3-7,13H,2,8-11H2,1H3,(H,17,20). The monoisotopic (exact) mass is 336 g/mol. The summed E-state index contributed by atoms with van der Waals surface area (Å²) in [6, 6.07) is 8.12. The zero-order valence-corrected chi connectivity index (χ0v) is 13.8. The number of benzene rings is 1. The Bertz CT molecular complexity index is 564. The van der Waals surface area contributed by atoms with Crippen LogP contribution in [0.1, 0.15) is 17.3 Å². The van der Waals surface area contributed by atoms with Crippen LogP contribution in [0.3, 0.4) is 0 Å². The fraction of sp³-hybridized carbons (Fsp3) is 0.438. The molecule has 0 aliphatic carbocycles. The van der Waals surface area contributed by atoms with E-state index in [1.165, 1.54) is 4.90 Å². The Kier molecular flexibility index (Phi) is 6.46. The molecule has 23 heavy (non-hydrogen) atoms. The fourth-order valence-electron chi connectivity index (χ4n) is 2.23. The fourth-order valence-corrected chi connectivity index (χ4v) is 3.21. The minimum atomic E-state index is -0.635. The van der Waals surface area contributed by atoms with Gasteiger partial charge in [0, 0.05) is 23.6 Å². The lowest BCUT2D eigenvalue weighted by atomic mass is 10.2. The van der Waals surface area contributed by atoms with E-state index in [0.29, 0.717) is 17.9 Å². The SMILES string of the molecule is CCOC(=O)CN1CCSCC(NC(=O)c2ccccc2)C1=O. The average molecular weight is 336 g/mol. The minimum absolute atomic E-state index is 0.0784. The van der Waals surface area contributed by atoms with Crippen molar-refractivity contribution in [3.05, 3.63) is 35.9 Å². The van der Waals surface area contributed by atoms with Crippen LogP contribution in [0.4, 0.5) is 0 Å². The first-order valence-electron chi connectivity index (χ1n) is 7.50. The third kappa shape index (κ3) is 4.99. The Morgan fingerprint density at radius 2 is 2.09 bits per heavy atom. The highest BCUT2D eigenvalue weighted by molar-refractivity contribution is 7.99. The Balaban J connectivity index is 2.01. The Hall–Kier alpha value is -2.02. The third-order valence-electron chi connectivity index (χ3n) is 3.37. The van der Waals surface area contributed by atoms with Crippen LogP contribution < -0.4 is 5.32 Å². The lowest BCUT2D eigenvalue weighted by Gasteiger charge is -2.23. The molecule has 1 unspecified atom stereocenters. The minimum Gasteiger partial charge on any atom is -0.465 e. The molecule has 1 fully saturated rings. The largest absolute Gasteiger partial charge is 0.465 e. The van der Waals surface area contributed by atoms with Crippen LogP contribution in [0, 0.1) is 0 Å². The summed E-state index contributed by atoms with van der Waals surface area (Å²) in [6.45, 7) is 2.40. The van der Waals surface area contributed by atoms with Crippen molar-refractivity contribution in [2.45, 2.75) is 13.0 Å². The van der Waals surface area contributed by atoms with Gasteiger partial charge in [0.15, 0.2) is 0 Å².